The summed E-state index contributed by atoms with van der Waals surface area (Å²) in [5.74, 6) is 0. The molecular formula is C30H35N3. The highest BCUT2D eigenvalue weighted by molar-refractivity contribution is 5.90. The van der Waals surface area contributed by atoms with Gasteiger partial charge in [-0.2, -0.15) is 0 Å². The first-order valence-corrected chi connectivity index (χ1v) is 11.8. The SMILES string of the molecule is C=C(C1=C(C)CNc2ccccc21)C(NC1=CC=CCCC1)/C(C)=C/N1C=C(C)C=CC1=C. The minimum atomic E-state index is -0.0220. The van der Waals surface area contributed by atoms with Gasteiger partial charge in [0.05, 0.1) is 6.04 Å². The van der Waals surface area contributed by atoms with Gasteiger partial charge in [0.2, 0.25) is 0 Å². The Morgan fingerprint density at radius 1 is 1.21 bits per heavy atom. The maximum Gasteiger partial charge on any atom is 0.0739 e. The highest BCUT2D eigenvalue weighted by Gasteiger charge is 2.25. The molecule has 0 radical (unpaired) electrons. The molecule has 33 heavy (non-hydrogen) atoms. The third-order valence-electron chi connectivity index (χ3n) is 6.43. The molecule has 0 amide bonds. The lowest BCUT2D eigenvalue weighted by atomic mass is 9.85. The maximum atomic E-state index is 4.66. The van der Waals surface area contributed by atoms with Crippen LogP contribution in [0.1, 0.15) is 45.6 Å². The van der Waals surface area contributed by atoms with E-state index in [-0.39, 0.29) is 6.04 Å². The number of fused-ring (bicyclic) bond motifs is 1. The molecule has 1 aromatic rings. The molecule has 2 heterocycles. The average molecular weight is 438 g/mol. The van der Waals surface area contributed by atoms with Crippen molar-refractivity contribution in [3.05, 3.63) is 119 Å². The average Bonchev–Trinajstić information content (AvgIpc) is 3.08. The van der Waals surface area contributed by atoms with Gasteiger partial charge < -0.3 is 15.5 Å². The van der Waals surface area contributed by atoms with E-state index in [9.17, 15) is 0 Å². The van der Waals surface area contributed by atoms with E-state index in [2.05, 4.69) is 117 Å². The molecule has 0 aromatic heterocycles. The lowest BCUT2D eigenvalue weighted by Crippen LogP contribution is -2.33. The molecule has 3 aliphatic rings. The molecule has 2 aliphatic heterocycles. The van der Waals surface area contributed by atoms with Crippen LogP contribution in [-0.2, 0) is 0 Å². The van der Waals surface area contributed by atoms with Crippen molar-refractivity contribution in [2.45, 2.75) is 46.1 Å². The van der Waals surface area contributed by atoms with Crippen molar-refractivity contribution in [2.24, 2.45) is 0 Å². The fourth-order valence-corrected chi connectivity index (χ4v) is 4.62. The number of nitrogens with zero attached hydrogens (tertiary/aromatic N) is 1. The second-order valence-electron chi connectivity index (χ2n) is 9.15. The fourth-order valence-electron chi connectivity index (χ4n) is 4.62. The van der Waals surface area contributed by atoms with Crippen LogP contribution in [0, 0.1) is 0 Å². The highest BCUT2D eigenvalue weighted by Crippen LogP contribution is 2.38. The molecule has 1 unspecified atom stereocenters. The number of anilines is 1. The van der Waals surface area contributed by atoms with Gasteiger partial charge in [-0.25, -0.2) is 0 Å². The molecule has 1 aromatic carbocycles. The van der Waals surface area contributed by atoms with Gasteiger partial charge in [0.1, 0.15) is 0 Å². The van der Waals surface area contributed by atoms with Gasteiger partial charge in [-0.1, -0.05) is 49.6 Å². The van der Waals surface area contributed by atoms with E-state index in [1.54, 1.807) is 0 Å². The van der Waals surface area contributed by atoms with Crippen LogP contribution < -0.4 is 10.6 Å². The Morgan fingerprint density at radius 3 is 2.88 bits per heavy atom. The van der Waals surface area contributed by atoms with Crippen molar-refractivity contribution in [3.8, 4) is 0 Å². The summed E-state index contributed by atoms with van der Waals surface area (Å²) < 4.78 is 0. The Morgan fingerprint density at radius 2 is 2.03 bits per heavy atom. The number of allylic oxidation sites excluding steroid dienone is 7. The van der Waals surface area contributed by atoms with Crippen LogP contribution in [0.4, 0.5) is 5.69 Å². The predicted molar refractivity (Wildman–Crippen MR) is 142 cm³/mol. The maximum absolute atomic E-state index is 4.66. The number of nitrogens with one attached hydrogen (secondary N) is 2. The van der Waals surface area contributed by atoms with E-state index in [1.165, 1.54) is 39.2 Å². The number of hydrogen-bond acceptors (Lipinski definition) is 3. The van der Waals surface area contributed by atoms with Crippen LogP contribution in [0.5, 0.6) is 0 Å². The van der Waals surface area contributed by atoms with Crippen LogP contribution >= 0.6 is 0 Å². The van der Waals surface area contributed by atoms with E-state index >= 15 is 0 Å². The Bertz CT molecular complexity index is 1140. The highest BCUT2D eigenvalue weighted by atomic mass is 15.1. The van der Waals surface area contributed by atoms with Crippen molar-refractivity contribution in [1.29, 1.82) is 0 Å². The van der Waals surface area contributed by atoms with Crippen LogP contribution in [0.15, 0.2) is 114 Å². The molecule has 0 saturated heterocycles. The van der Waals surface area contributed by atoms with Crippen LogP contribution in [0.3, 0.4) is 0 Å². The van der Waals surface area contributed by atoms with E-state index < -0.39 is 0 Å². The zero-order valence-corrected chi connectivity index (χ0v) is 20.1. The van der Waals surface area contributed by atoms with Crippen molar-refractivity contribution in [2.75, 3.05) is 11.9 Å². The smallest absolute Gasteiger partial charge is 0.0739 e. The van der Waals surface area contributed by atoms with Gasteiger partial charge >= 0.3 is 0 Å². The van der Waals surface area contributed by atoms with Crippen LogP contribution in [0.25, 0.3) is 5.57 Å². The van der Waals surface area contributed by atoms with Crippen LogP contribution in [-0.4, -0.2) is 17.5 Å². The van der Waals surface area contributed by atoms with Crippen molar-refractivity contribution in [1.82, 2.24) is 10.2 Å². The Kier molecular flexibility index (Phi) is 6.88. The van der Waals surface area contributed by atoms with Crippen LogP contribution in [0.2, 0.25) is 0 Å². The molecular weight excluding hydrogens is 402 g/mol. The first-order valence-electron chi connectivity index (χ1n) is 11.8. The first kappa shape index (κ1) is 22.7. The summed E-state index contributed by atoms with van der Waals surface area (Å²) in [6.07, 6.45) is 18.4. The number of hydrogen-bond donors (Lipinski definition) is 2. The van der Waals surface area contributed by atoms with E-state index in [0.717, 1.165) is 37.1 Å². The summed E-state index contributed by atoms with van der Waals surface area (Å²) in [5, 5.41) is 7.39. The Labute approximate surface area is 199 Å². The third kappa shape index (κ3) is 5.14. The lowest BCUT2D eigenvalue weighted by molar-refractivity contribution is 0.611. The molecule has 0 fully saturated rings. The van der Waals surface area contributed by atoms with Gasteiger partial charge in [0.15, 0.2) is 0 Å². The zero-order chi connectivity index (χ0) is 23.4. The fraction of sp³-hybridized carbons (Fsp3) is 0.267. The van der Waals surface area contributed by atoms with Crippen molar-refractivity contribution < 1.29 is 0 Å². The predicted octanol–water partition coefficient (Wildman–Crippen LogP) is 7.22. The van der Waals surface area contributed by atoms with E-state index in [0.29, 0.717) is 0 Å². The molecule has 1 atom stereocenters. The molecule has 2 N–H and O–H groups in total. The van der Waals surface area contributed by atoms with Crippen molar-refractivity contribution in [3.63, 3.8) is 0 Å². The first-order chi connectivity index (χ1) is 15.9. The molecule has 1 aliphatic carbocycles. The Hall–Kier alpha value is -3.46. The molecule has 4 rings (SSSR count). The topological polar surface area (TPSA) is 27.3 Å². The third-order valence-corrected chi connectivity index (χ3v) is 6.43. The van der Waals surface area contributed by atoms with Gasteiger partial charge in [0, 0.05) is 41.6 Å². The lowest BCUT2D eigenvalue weighted by Gasteiger charge is -2.32. The minimum Gasteiger partial charge on any atom is -0.381 e. The molecule has 0 bridgehead atoms. The monoisotopic (exact) mass is 437 g/mol. The number of benzene rings is 1. The normalized spacial score (nSPS) is 19.3. The van der Waals surface area contributed by atoms with Gasteiger partial charge in [0.25, 0.3) is 0 Å². The standard InChI is InChI=1S/C30H35N3/c1-21-16-17-24(4)33(19-21)20-23(3)30(32-26-12-8-6-7-9-13-26)25(5)29-22(2)18-31-28-15-11-10-14-27(28)29/h6,8,10-12,14-17,19-20,30-32H,4-5,7,9,13,18H2,1-3H3/b23-20+. The largest absolute Gasteiger partial charge is 0.381 e. The second kappa shape index (κ2) is 9.99. The minimum absolute atomic E-state index is 0.0220. The molecule has 0 spiro atoms. The second-order valence-corrected chi connectivity index (χ2v) is 9.15. The summed E-state index contributed by atoms with van der Waals surface area (Å²) >= 11 is 0. The van der Waals surface area contributed by atoms with Gasteiger partial charge in [-0.3, -0.25) is 0 Å². The summed E-state index contributed by atoms with van der Waals surface area (Å²) in [6, 6.07) is 8.51. The zero-order valence-electron chi connectivity index (χ0n) is 20.1. The quantitative estimate of drug-likeness (QED) is 0.492. The molecule has 3 nitrogen and oxygen atoms in total. The van der Waals surface area contributed by atoms with Gasteiger partial charge in [-0.05, 0) is 86.1 Å². The van der Waals surface area contributed by atoms with E-state index in [4.69, 9.17) is 0 Å². The Balaban J connectivity index is 1.72. The number of para-hydroxylation sites is 1. The molecule has 170 valence electrons. The van der Waals surface area contributed by atoms with E-state index in [1.807, 2.05) is 0 Å². The molecule has 3 heteroatoms. The van der Waals surface area contributed by atoms with Crippen molar-refractivity contribution >= 4 is 11.3 Å². The molecule has 0 saturated carbocycles. The summed E-state index contributed by atoms with van der Waals surface area (Å²) in [7, 11) is 0. The summed E-state index contributed by atoms with van der Waals surface area (Å²) in [5.41, 5.74) is 10.7. The summed E-state index contributed by atoms with van der Waals surface area (Å²) in [4.78, 5) is 2.12. The number of rotatable bonds is 6. The summed E-state index contributed by atoms with van der Waals surface area (Å²) in [6.45, 7) is 16.2. The van der Waals surface area contributed by atoms with Gasteiger partial charge in [-0.15, -0.1) is 0 Å².